The van der Waals surface area contributed by atoms with E-state index in [1.54, 1.807) is 0 Å². The summed E-state index contributed by atoms with van der Waals surface area (Å²) in [6.07, 6.45) is 11.0. The molecule has 0 aromatic heterocycles. The maximum Gasteiger partial charge on any atom is -0.00262 e. The monoisotopic (exact) mass is 630 g/mol. The van der Waals surface area contributed by atoms with Gasteiger partial charge in [0.15, 0.2) is 0 Å². The number of aryl methyl sites for hydroxylation is 1. The Morgan fingerprint density at radius 1 is 0.347 bits per heavy atom. The molecule has 0 nitrogen and oxygen atoms in total. The number of fused-ring (bicyclic) bond motifs is 4. The first kappa shape index (κ1) is 31.9. The summed E-state index contributed by atoms with van der Waals surface area (Å²) in [5.41, 5.74) is 8.88. The first-order chi connectivity index (χ1) is 24.2. The summed E-state index contributed by atoms with van der Waals surface area (Å²) in [6.45, 7) is 6.15. The minimum absolute atomic E-state index is 1.23. The number of hydrogen-bond acceptors (Lipinski definition) is 0. The molecule has 1 aliphatic rings. The van der Waals surface area contributed by atoms with E-state index < -0.39 is 0 Å². The van der Waals surface area contributed by atoms with E-state index in [1.807, 2.05) is 13.8 Å². The van der Waals surface area contributed by atoms with Crippen molar-refractivity contribution in [3.05, 3.63) is 182 Å². The molecule has 0 heteroatoms. The molecule has 0 spiro atoms. The molecule has 49 heavy (non-hydrogen) atoms. The summed E-state index contributed by atoms with van der Waals surface area (Å²) >= 11 is 0. The molecule has 0 unspecified atom stereocenters. The molecular formula is C49H42. The molecule has 0 aliphatic heterocycles. The van der Waals surface area contributed by atoms with Crippen LogP contribution in [0.3, 0.4) is 0 Å². The fourth-order valence-electron chi connectivity index (χ4n) is 7.02. The van der Waals surface area contributed by atoms with E-state index in [1.165, 1.54) is 94.9 Å². The predicted molar refractivity (Wildman–Crippen MR) is 216 cm³/mol. The molecule has 8 aromatic carbocycles. The van der Waals surface area contributed by atoms with E-state index >= 15 is 0 Å². The number of allylic oxidation sites excluding steroid dienone is 4. The van der Waals surface area contributed by atoms with Gasteiger partial charge in [-0.05, 0) is 114 Å². The van der Waals surface area contributed by atoms with Crippen molar-refractivity contribution in [2.45, 2.75) is 33.6 Å². The SMILES string of the molecule is C1=CCCC=C1.CC.Cc1ccc2cc(-c3c4ccccc4c(-c4ccc5cc(-c6ccccc6)ccc5c4)c4ccccc34)ccc2c1. The predicted octanol–water partition coefficient (Wildman–Crippen LogP) is 14.5. The van der Waals surface area contributed by atoms with E-state index in [4.69, 9.17) is 0 Å². The highest BCUT2D eigenvalue weighted by Gasteiger charge is 2.17. The zero-order valence-electron chi connectivity index (χ0n) is 28.7. The molecule has 8 aromatic rings. The summed E-state index contributed by atoms with van der Waals surface area (Å²) in [4.78, 5) is 0. The minimum Gasteiger partial charge on any atom is -0.0842 e. The molecule has 0 heterocycles. The van der Waals surface area contributed by atoms with Gasteiger partial charge in [0.1, 0.15) is 0 Å². The van der Waals surface area contributed by atoms with Crippen molar-refractivity contribution < 1.29 is 0 Å². The van der Waals surface area contributed by atoms with E-state index in [2.05, 4.69) is 183 Å². The van der Waals surface area contributed by atoms with Gasteiger partial charge >= 0.3 is 0 Å². The van der Waals surface area contributed by atoms with Crippen LogP contribution in [-0.2, 0) is 0 Å². The maximum atomic E-state index is 2.36. The van der Waals surface area contributed by atoms with Crippen molar-refractivity contribution in [3.63, 3.8) is 0 Å². The topological polar surface area (TPSA) is 0 Å². The smallest absolute Gasteiger partial charge is 0.00262 e. The van der Waals surface area contributed by atoms with E-state index in [9.17, 15) is 0 Å². The van der Waals surface area contributed by atoms with Crippen molar-refractivity contribution in [2.75, 3.05) is 0 Å². The number of benzene rings is 8. The molecule has 238 valence electrons. The van der Waals surface area contributed by atoms with Crippen molar-refractivity contribution in [3.8, 4) is 33.4 Å². The van der Waals surface area contributed by atoms with Crippen LogP contribution in [0.1, 0.15) is 32.3 Å². The molecule has 0 bridgehead atoms. The van der Waals surface area contributed by atoms with Crippen molar-refractivity contribution in [1.29, 1.82) is 0 Å². The van der Waals surface area contributed by atoms with Gasteiger partial charge in [-0.2, -0.15) is 0 Å². The van der Waals surface area contributed by atoms with Crippen molar-refractivity contribution in [1.82, 2.24) is 0 Å². The third-order valence-electron chi connectivity index (χ3n) is 9.34. The normalized spacial score (nSPS) is 12.1. The van der Waals surface area contributed by atoms with Crippen LogP contribution in [0.4, 0.5) is 0 Å². The maximum absolute atomic E-state index is 2.36. The Balaban J connectivity index is 0.000000424. The fraction of sp³-hybridized carbons (Fsp3) is 0.102. The highest BCUT2D eigenvalue weighted by molar-refractivity contribution is 6.22. The van der Waals surface area contributed by atoms with E-state index in [0.717, 1.165) is 0 Å². The third kappa shape index (κ3) is 6.56. The lowest BCUT2D eigenvalue weighted by atomic mass is 9.85. The standard InChI is InChI=1S/C41H28.C6H8.C2H6/c1-27-15-16-31-25-34(21-19-29(31)23-27)40-36-11-5-7-13-38(36)41(39-14-8-6-12-37(39)40)35-22-20-32-24-30(17-18-33(32)26-35)28-9-3-2-4-10-28;1-2-4-6-5-3-1;1-2/h2-26H,1H3;1-4H,5-6H2;1-2H3. The lowest BCUT2D eigenvalue weighted by Gasteiger charge is -2.18. The molecule has 1 aliphatic carbocycles. The lowest BCUT2D eigenvalue weighted by Crippen LogP contribution is -1.91. The fourth-order valence-corrected chi connectivity index (χ4v) is 7.02. The van der Waals surface area contributed by atoms with Gasteiger partial charge < -0.3 is 0 Å². The molecule has 0 radical (unpaired) electrons. The first-order valence-electron chi connectivity index (χ1n) is 17.6. The van der Waals surface area contributed by atoms with Gasteiger partial charge in [0.2, 0.25) is 0 Å². The van der Waals surface area contributed by atoms with Crippen LogP contribution >= 0.6 is 0 Å². The third-order valence-corrected chi connectivity index (χ3v) is 9.34. The average Bonchev–Trinajstić information content (AvgIpc) is 3.18. The summed E-state index contributed by atoms with van der Waals surface area (Å²) < 4.78 is 0. The number of rotatable bonds is 3. The summed E-state index contributed by atoms with van der Waals surface area (Å²) in [5, 5.41) is 10.2. The Bertz CT molecular complexity index is 2390. The van der Waals surface area contributed by atoms with Crippen LogP contribution in [0.2, 0.25) is 0 Å². The van der Waals surface area contributed by atoms with Crippen molar-refractivity contribution >= 4 is 43.1 Å². The summed E-state index contributed by atoms with van der Waals surface area (Å²) in [6, 6.07) is 55.8. The van der Waals surface area contributed by atoms with Gasteiger partial charge in [0.25, 0.3) is 0 Å². The van der Waals surface area contributed by atoms with Crippen LogP contribution in [0, 0.1) is 6.92 Å². The second-order valence-electron chi connectivity index (χ2n) is 12.5. The van der Waals surface area contributed by atoms with Crippen molar-refractivity contribution in [2.24, 2.45) is 0 Å². The van der Waals surface area contributed by atoms with Crippen LogP contribution in [-0.4, -0.2) is 0 Å². The molecule has 9 rings (SSSR count). The second kappa shape index (κ2) is 14.6. The highest BCUT2D eigenvalue weighted by atomic mass is 14.2. The Labute approximate surface area is 290 Å². The van der Waals surface area contributed by atoms with Gasteiger partial charge in [0.05, 0.1) is 0 Å². The Morgan fingerprint density at radius 2 is 0.735 bits per heavy atom. The quantitative estimate of drug-likeness (QED) is 0.170. The van der Waals surface area contributed by atoms with Crippen LogP contribution < -0.4 is 0 Å². The van der Waals surface area contributed by atoms with Gasteiger partial charge in [-0.1, -0.05) is 177 Å². The van der Waals surface area contributed by atoms with E-state index in [-0.39, 0.29) is 0 Å². The summed E-state index contributed by atoms with van der Waals surface area (Å²) in [7, 11) is 0. The van der Waals surface area contributed by atoms with Gasteiger partial charge in [-0.25, -0.2) is 0 Å². The molecule has 0 amide bonds. The summed E-state index contributed by atoms with van der Waals surface area (Å²) in [5.74, 6) is 0. The second-order valence-corrected chi connectivity index (χ2v) is 12.5. The molecule has 0 saturated carbocycles. The minimum atomic E-state index is 1.23. The zero-order valence-corrected chi connectivity index (χ0v) is 28.7. The highest BCUT2D eigenvalue weighted by Crippen LogP contribution is 2.44. The molecule has 0 N–H and O–H groups in total. The molecule has 0 fully saturated rings. The largest absolute Gasteiger partial charge is 0.0842 e. The van der Waals surface area contributed by atoms with Gasteiger partial charge in [-0.15, -0.1) is 0 Å². The number of hydrogen-bond donors (Lipinski definition) is 0. The van der Waals surface area contributed by atoms with Gasteiger partial charge in [0, 0.05) is 0 Å². The van der Waals surface area contributed by atoms with Crippen LogP contribution in [0.25, 0.3) is 76.5 Å². The average molecular weight is 631 g/mol. The Hall–Kier alpha value is -5.72. The van der Waals surface area contributed by atoms with E-state index in [0.29, 0.717) is 0 Å². The first-order valence-corrected chi connectivity index (χ1v) is 17.6. The van der Waals surface area contributed by atoms with Crippen LogP contribution in [0.5, 0.6) is 0 Å². The molecular weight excluding hydrogens is 589 g/mol. The Kier molecular flexibility index (Phi) is 9.48. The lowest BCUT2D eigenvalue weighted by molar-refractivity contribution is 1.04. The molecule has 0 saturated heterocycles. The van der Waals surface area contributed by atoms with Crippen LogP contribution in [0.15, 0.2) is 176 Å². The molecule has 0 atom stereocenters. The zero-order chi connectivity index (χ0) is 33.6. The van der Waals surface area contributed by atoms with Gasteiger partial charge in [-0.3, -0.25) is 0 Å². The Morgan fingerprint density at radius 3 is 1.18 bits per heavy atom.